The van der Waals surface area contributed by atoms with Crippen molar-refractivity contribution in [3.63, 3.8) is 0 Å². The Bertz CT molecular complexity index is 483. The molecular weight excluding hydrogens is 318 g/mol. The smallest absolute Gasteiger partial charge is 0.414 e. The average molecular weight is 343 g/mol. The zero-order valence-electron chi connectivity index (χ0n) is 14.4. The quantitative estimate of drug-likeness (QED) is 0.541. The fourth-order valence-corrected chi connectivity index (χ4v) is 1.66. The maximum absolute atomic E-state index is 9.10. The molecule has 1 aromatic rings. The van der Waals surface area contributed by atoms with Crippen LogP contribution in [0.15, 0.2) is 18.2 Å². The van der Waals surface area contributed by atoms with Gasteiger partial charge in [-0.05, 0) is 45.6 Å². The molecular formula is C16H25NO7. The highest BCUT2D eigenvalue weighted by Gasteiger charge is 2.10. The van der Waals surface area contributed by atoms with E-state index in [4.69, 9.17) is 34.0 Å². The van der Waals surface area contributed by atoms with Crippen molar-refractivity contribution in [2.45, 2.75) is 12.8 Å². The summed E-state index contributed by atoms with van der Waals surface area (Å²) in [6.07, 6.45) is 2.13. The van der Waals surface area contributed by atoms with E-state index in [1.807, 2.05) is 18.2 Å². The number of hydrogen-bond acceptors (Lipinski definition) is 6. The largest absolute Gasteiger partial charge is 0.493 e. The van der Waals surface area contributed by atoms with Gasteiger partial charge in [-0.1, -0.05) is 6.07 Å². The average Bonchev–Trinajstić information content (AvgIpc) is 2.54. The molecule has 24 heavy (non-hydrogen) atoms. The lowest BCUT2D eigenvalue weighted by Crippen LogP contribution is -2.13. The number of carbonyl (C=O) groups is 2. The second-order valence-electron chi connectivity index (χ2n) is 4.96. The number of ether oxygens (including phenoxy) is 3. The summed E-state index contributed by atoms with van der Waals surface area (Å²) in [6.45, 7) is 1.75. The van der Waals surface area contributed by atoms with Crippen LogP contribution in [-0.2, 0) is 9.59 Å². The van der Waals surface area contributed by atoms with E-state index in [0.717, 1.165) is 19.4 Å². The minimum absolute atomic E-state index is 0.671. The molecule has 0 aliphatic rings. The Hall–Kier alpha value is -2.48. The topological polar surface area (TPSA) is 106 Å². The summed E-state index contributed by atoms with van der Waals surface area (Å²) in [5.41, 5.74) is 0. The molecule has 2 N–H and O–H groups in total. The van der Waals surface area contributed by atoms with E-state index >= 15 is 0 Å². The van der Waals surface area contributed by atoms with Crippen LogP contribution in [0, 0.1) is 0 Å². The number of methoxy groups -OCH3 is 2. The molecule has 8 nitrogen and oxygen atoms in total. The van der Waals surface area contributed by atoms with Crippen LogP contribution in [-0.4, -0.2) is 68.5 Å². The van der Waals surface area contributed by atoms with Gasteiger partial charge in [0, 0.05) is 0 Å². The monoisotopic (exact) mass is 343 g/mol. The van der Waals surface area contributed by atoms with Crippen LogP contribution < -0.4 is 14.2 Å². The summed E-state index contributed by atoms with van der Waals surface area (Å²) < 4.78 is 16.3. The van der Waals surface area contributed by atoms with Crippen LogP contribution in [0.2, 0.25) is 0 Å². The summed E-state index contributed by atoms with van der Waals surface area (Å²) in [5, 5.41) is 14.8. The van der Waals surface area contributed by atoms with Crippen molar-refractivity contribution in [1.29, 1.82) is 0 Å². The van der Waals surface area contributed by atoms with Crippen LogP contribution in [0.25, 0.3) is 0 Å². The van der Waals surface area contributed by atoms with Gasteiger partial charge < -0.3 is 29.3 Å². The lowest BCUT2D eigenvalue weighted by atomic mass is 10.3. The lowest BCUT2D eigenvalue weighted by Gasteiger charge is -2.14. The van der Waals surface area contributed by atoms with Crippen molar-refractivity contribution >= 4 is 11.9 Å². The van der Waals surface area contributed by atoms with E-state index in [9.17, 15) is 0 Å². The van der Waals surface area contributed by atoms with E-state index < -0.39 is 11.9 Å². The number of carboxylic acids is 2. The molecule has 0 heterocycles. The molecule has 0 saturated heterocycles. The van der Waals surface area contributed by atoms with Crippen molar-refractivity contribution in [3.05, 3.63) is 18.2 Å². The third-order valence-corrected chi connectivity index (χ3v) is 2.81. The normalized spacial score (nSPS) is 9.71. The first-order chi connectivity index (χ1) is 11.3. The minimum Gasteiger partial charge on any atom is -0.493 e. The fraction of sp³-hybridized carbons (Fsp3) is 0.500. The van der Waals surface area contributed by atoms with E-state index in [0.29, 0.717) is 23.9 Å². The van der Waals surface area contributed by atoms with E-state index in [2.05, 4.69) is 19.0 Å². The molecule has 0 spiro atoms. The lowest BCUT2D eigenvalue weighted by molar-refractivity contribution is -0.159. The summed E-state index contributed by atoms with van der Waals surface area (Å²) in [4.78, 5) is 20.4. The Kier molecular flexibility index (Phi) is 10.8. The molecule has 0 aromatic heterocycles. The van der Waals surface area contributed by atoms with Crippen molar-refractivity contribution in [2.24, 2.45) is 0 Å². The zero-order chi connectivity index (χ0) is 18.5. The van der Waals surface area contributed by atoms with Gasteiger partial charge in [0.05, 0.1) is 20.8 Å². The van der Waals surface area contributed by atoms with Gasteiger partial charge in [-0.3, -0.25) is 0 Å². The molecule has 136 valence electrons. The molecule has 1 aromatic carbocycles. The number of carboxylic acid groups (broad SMARTS) is 2. The number of benzene rings is 1. The summed E-state index contributed by atoms with van der Waals surface area (Å²) >= 11 is 0. The van der Waals surface area contributed by atoms with Crippen LogP contribution in [0.4, 0.5) is 0 Å². The van der Waals surface area contributed by atoms with Crippen LogP contribution in [0.1, 0.15) is 12.8 Å². The van der Waals surface area contributed by atoms with Gasteiger partial charge in [0.25, 0.3) is 0 Å². The number of rotatable bonds is 8. The fourth-order valence-electron chi connectivity index (χ4n) is 1.66. The Labute approximate surface area is 141 Å². The molecule has 0 radical (unpaired) electrons. The number of para-hydroxylation sites is 1. The van der Waals surface area contributed by atoms with Gasteiger partial charge in [-0.15, -0.1) is 0 Å². The molecule has 1 rings (SSSR count). The van der Waals surface area contributed by atoms with E-state index in [1.54, 1.807) is 14.2 Å². The highest BCUT2D eigenvalue weighted by Crippen LogP contribution is 2.36. The molecule has 0 aliphatic heterocycles. The van der Waals surface area contributed by atoms with Gasteiger partial charge in [-0.2, -0.15) is 0 Å². The maximum Gasteiger partial charge on any atom is 0.414 e. The third-order valence-electron chi connectivity index (χ3n) is 2.81. The first-order valence-electron chi connectivity index (χ1n) is 7.28. The molecule has 0 saturated carbocycles. The Balaban J connectivity index is 0.000000754. The zero-order valence-corrected chi connectivity index (χ0v) is 14.4. The predicted molar refractivity (Wildman–Crippen MR) is 88.1 cm³/mol. The van der Waals surface area contributed by atoms with Gasteiger partial charge >= 0.3 is 11.9 Å². The Morgan fingerprint density at radius 3 is 1.88 bits per heavy atom. The number of hydrogen-bond donors (Lipinski definition) is 2. The van der Waals surface area contributed by atoms with Crippen molar-refractivity contribution in [2.75, 3.05) is 41.5 Å². The molecule has 8 heteroatoms. The number of unbranched alkanes of at least 4 members (excludes halogenated alkanes) is 1. The summed E-state index contributed by atoms with van der Waals surface area (Å²) in [7, 11) is 7.41. The molecule has 0 amide bonds. The second-order valence-corrected chi connectivity index (χ2v) is 4.96. The van der Waals surface area contributed by atoms with Crippen molar-refractivity contribution < 1.29 is 34.0 Å². The minimum atomic E-state index is -1.82. The van der Waals surface area contributed by atoms with Crippen molar-refractivity contribution in [1.82, 2.24) is 4.90 Å². The predicted octanol–water partition coefficient (Wildman–Crippen LogP) is 1.58. The first-order valence-corrected chi connectivity index (χ1v) is 7.28. The highest BCUT2D eigenvalue weighted by atomic mass is 16.5. The van der Waals surface area contributed by atoms with E-state index in [-0.39, 0.29) is 0 Å². The number of nitrogens with zero attached hydrogens (tertiary/aromatic N) is 1. The molecule has 0 atom stereocenters. The standard InChI is InChI=1S/C14H23NO3.C2H2O4/c1-15(2)10-5-6-11-18-14-12(16-3)8-7-9-13(14)17-4;3-1(4)2(5)6/h7-9H,5-6,10-11H2,1-4H3;(H,3,4)(H,5,6). The molecule has 0 aliphatic carbocycles. The number of aliphatic carboxylic acids is 2. The van der Waals surface area contributed by atoms with Crippen LogP contribution in [0.3, 0.4) is 0 Å². The molecule has 0 unspecified atom stereocenters. The van der Waals surface area contributed by atoms with Crippen LogP contribution in [0.5, 0.6) is 17.2 Å². The van der Waals surface area contributed by atoms with Gasteiger partial charge in [0.2, 0.25) is 5.75 Å². The summed E-state index contributed by atoms with van der Waals surface area (Å²) in [5.74, 6) is -1.54. The van der Waals surface area contributed by atoms with E-state index in [1.165, 1.54) is 0 Å². The highest BCUT2D eigenvalue weighted by molar-refractivity contribution is 6.27. The second kappa shape index (κ2) is 12.0. The maximum atomic E-state index is 9.10. The Morgan fingerprint density at radius 1 is 1.00 bits per heavy atom. The third kappa shape index (κ3) is 8.84. The van der Waals surface area contributed by atoms with Gasteiger partial charge in [0.15, 0.2) is 11.5 Å². The van der Waals surface area contributed by atoms with Gasteiger partial charge in [0.1, 0.15) is 0 Å². The van der Waals surface area contributed by atoms with Gasteiger partial charge in [-0.25, -0.2) is 9.59 Å². The molecule has 0 bridgehead atoms. The summed E-state index contributed by atoms with van der Waals surface area (Å²) in [6, 6.07) is 5.63. The van der Waals surface area contributed by atoms with Crippen LogP contribution >= 0.6 is 0 Å². The van der Waals surface area contributed by atoms with Crippen molar-refractivity contribution in [3.8, 4) is 17.2 Å². The first kappa shape index (κ1) is 21.5. The SMILES string of the molecule is COc1cccc(OC)c1OCCCCN(C)C.O=C(O)C(=O)O. The Morgan fingerprint density at radius 2 is 1.50 bits per heavy atom. The molecule has 0 fully saturated rings.